The molecule has 0 spiro atoms. The summed E-state index contributed by atoms with van der Waals surface area (Å²) in [5.74, 6) is 0.585. The van der Waals surface area contributed by atoms with E-state index in [2.05, 4.69) is 21.9 Å². The summed E-state index contributed by atoms with van der Waals surface area (Å²) >= 11 is 1.46. The first kappa shape index (κ1) is 16.5. The minimum absolute atomic E-state index is 0.115. The highest BCUT2D eigenvalue weighted by atomic mass is 32.1. The van der Waals surface area contributed by atoms with Gasteiger partial charge in [0.15, 0.2) is 0 Å². The van der Waals surface area contributed by atoms with Crippen LogP contribution >= 0.6 is 11.3 Å². The molecule has 2 aromatic rings. The lowest BCUT2D eigenvalue weighted by molar-refractivity contribution is -0.132. The molecule has 0 bridgehead atoms. The number of aromatic nitrogens is 3. The Morgan fingerprint density at radius 2 is 2.12 bits per heavy atom. The molecule has 134 valence electrons. The Kier molecular flexibility index (Phi) is 4.45. The molecule has 0 aromatic carbocycles. The van der Waals surface area contributed by atoms with Gasteiger partial charge < -0.3 is 9.80 Å². The molecule has 3 heterocycles. The summed E-state index contributed by atoms with van der Waals surface area (Å²) < 4.78 is 1.40. The summed E-state index contributed by atoms with van der Waals surface area (Å²) in [6.45, 7) is 5.23. The molecule has 2 aliphatic rings. The Hall–Kier alpha value is -1.96. The summed E-state index contributed by atoms with van der Waals surface area (Å²) in [4.78, 5) is 33.9. The first-order valence-corrected chi connectivity index (χ1v) is 9.91. The number of rotatable bonds is 4. The second-order valence-corrected chi connectivity index (χ2v) is 7.79. The van der Waals surface area contributed by atoms with Crippen molar-refractivity contribution in [2.45, 2.75) is 39.0 Å². The number of fused-ring (bicyclic) bond motifs is 1. The van der Waals surface area contributed by atoms with Crippen molar-refractivity contribution in [2.75, 3.05) is 31.1 Å². The smallest absolute Gasteiger partial charge is 0.275 e. The minimum Gasteiger partial charge on any atom is -0.345 e. The van der Waals surface area contributed by atoms with Gasteiger partial charge >= 0.3 is 0 Å². The number of hydrogen-bond acceptors (Lipinski definition) is 6. The molecule has 0 atom stereocenters. The van der Waals surface area contributed by atoms with Gasteiger partial charge in [-0.15, -0.1) is 5.10 Å². The lowest BCUT2D eigenvalue weighted by atomic mass is 10.2. The van der Waals surface area contributed by atoms with E-state index >= 15 is 0 Å². The Labute approximate surface area is 150 Å². The third kappa shape index (κ3) is 3.40. The van der Waals surface area contributed by atoms with Crippen molar-refractivity contribution < 1.29 is 4.79 Å². The lowest BCUT2D eigenvalue weighted by Crippen LogP contribution is -2.36. The summed E-state index contributed by atoms with van der Waals surface area (Å²) in [5, 5.41) is 5.30. The number of carbonyl (C=O) groups is 1. The maximum absolute atomic E-state index is 12.3. The number of aryl methyl sites for hydroxylation is 1. The second kappa shape index (κ2) is 6.74. The monoisotopic (exact) mass is 361 g/mol. The Morgan fingerprint density at radius 3 is 2.88 bits per heavy atom. The average Bonchev–Trinajstić information content (AvgIpc) is 3.38. The van der Waals surface area contributed by atoms with Gasteiger partial charge in [0, 0.05) is 43.9 Å². The maximum Gasteiger partial charge on any atom is 0.275 e. The molecule has 1 saturated carbocycles. The molecule has 1 saturated heterocycles. The van der Waals surface area contributed by atoms with Crippen molar-refractivity contribution in [1.82, 2.24) is 19.5 Å². The van der Waals surface area contributed by atoms with Crippen molar-refractivity contribution in [3.63, 3.8) is 0 Å². The SMILES string of the molecule is CCCc1cc(=O)n2nc(N3CCCN(C(=O)C4CC4)CC3)sc2n1. The van der Waals surface area contributed by atoms with Crippen LogP contribution in [0.1, 0.15) is 38.3 Å². The predicted octanol–water partition coefficient (Wildman–Crippen LogP) is 1.55. The zero-order chi connectivity index (χ0) is 17.4. The van der Waals surface area contributed by atoms with Crippen LogP contribution < -0.4 is 10.5 Å². The molecule has 4 rings (SSSR count). The molecule has 1 aliphatic heterocycles. The van der Waals surface area contributed by atoms with Crippen LogP contribution in [0.15, 0.2) is 10.9 Å². The third-order valence-electron chi connectivity index (χ3n) is 4.80. The number of hydrogen-bond donors (Lipinski definition) is 0. The molecule has 7 nitrogen and oxygen atoms in total. The van der Waals surface area contributed by atoms with Crippen LogP contribution in [0.5, 0.6) is 0 Å². The lowest BCUT2D eigenvalue weighted by Gasteiger charge is -2.21. The summed E-state index contributed by atoms with van der Waals surface area (Å²) in [7, 11) is 0. The van der Waals surface area contributed by atoms with Crippen LogP contribution in [0.4, 0.5) is 5.13 Å². The van der Waals surface area contributed by atoms with Gasteiger partial charge in [0.25, 0.3) is 5.56 Å². The van der Waals surface area contributed by atoms with E-state index in [0.717, 1.165) is 69.1 Å². The van der Waals surface area contributed by atoms with Crippen molar-refractivity contribution in [3.8, 4) is 0 Å². The molecule has 0 unspecified atom stereocenters. The van der Waals surface area contributed by atoms with Crippen molar-refractivity contribution in [2.24, 2.45) is 5.92 Å². The van der Waals surface area contributed by atoms with Crippen LogP contribution in [0.2, 0.25) is 0 Å². The van der Waals surface area contributed by atoms with E-state index in [-0.39, 0.29) is 11.5 Å². The van der Waals surface area contributed by atoms with E-state index in [9.17, 15) is 9.59 Å². The zero-order valence-corrected chi connectivity index (χ0v) is 15.3. The van der Waals surface area contributed by atoms with Gasteiger partial charge in [0.1, 0.15) is 0 Å². The number of carbonyl (C=O) groups excluding carboxylic acids is 1. The zero-order valence-electron chi connectivity index (χ0n) is 14.5. The largest absolute Gasteiger partial charge is 0.345 e. The van der Waals surface area contributed by atoms with E-state index < -0.39 is 0 Å². The highest BCUT2D eigenvalue weighted by Gasteiger charge is 2.34. The van der Waals surface area contributed by atoms with Crippen LogP contribution in [-0.4, -0.2) is 51.6 Å². The fraction of sp³-hybridized carbons (Fsp3) is 0.647. The normalized spacial score (nSPS) is 18.6. The molecule has 2 fully saturated rings. The van der Waals surface area contributed by atoms with Crippen LogP contribution in [0, 0.1) is 5.92 Å². The van der Waals surface area contributed by atoms with Gasteiger partial charge in [-0.3, -0.25) is 9.59 Å². The fourth-order valence-electron chi connectivity index (χ4n) is 3.28. The van der Waals surface area contributed by atoms with Gasteiger partial charge in [-0.25, -0.2) is 4.98 Å². The quantitative estimate of drug-likeness (QED) is 0.826. The topological polar surface area (TPSA) is 70.8 Å². The number of nitrogens with zero attached hydrogens (tertiary/aromatic N) is 5. The number of amides is 1. The molecule has 0 N–H and O–H groups in total. The van der Waals surface area contributed by atoms with Crippen LogP contribution in [0.3, 0.4) is 0 Å². The van der Waals surface area contributed by atoms with Gasteiger partial charge in [0.05, 0.1) is 0 Å². The predicted molar refractivity (Wildman–Crippen MR) is 97.3 cm³/mol. The fourth-order valence-corrected chi connectivity index (χ4v) is 4.25. The van der Waals surface area contributed by atoms with Crippen LogP contribution in [0.25, 0.3) is 4.96 Å². The van der Waals surface area contributed by atoms with Crippen LogP contribution in [-0.2, 0) is 11.2 Å². The molecule has 1 aliphatic carbocycles. The summed E-state index contributed by atoms with van der Waals surface area (Å²) in [5.41, 5.74) is 0.719. The first-order chi connectivity index (χ1) is 12.2. The Morgan fingerprint density at radius 1 is 1.28 bits per heavy atom. The molecule has 25 heavy (non-hydrogen) atoms. The molecule has 0 radical (unpaired) electrons. The van der Waals surface area contributed by atoms with Crippen molar-refractivity contribution in [3.05, 3.63) is 22.1 Å². The van der Waals surface area contributed by atoms with Gasteiger partial charge in [-0.2, -0.15) is 4.52 Å². The van der Waals surface area contributed by atoms with Crippen molar-refractivity contribution >= 4 is 27.3 Å². The van der Waals surface area contributed by atoms with E-state index in [1.54, 1.807) is 6.07 Å². The minimum atomic E-state index is -0.115. The van der Waals surface area contributed by atoms with E-state index in [0.29, 0.717) is 10.9 Å². The highest BCUT2D eigenvalue weighted by Crippen LogP contribution is 2.31. The third-order valence-corrected chi connectivity index (χ3v) is 5.77. The Bertz CT molecular complexity index is 841. The molecule has 8 heteroatoms. The van der Waals surface area contributed by atoms with E-state index in [1.807, 2.05) is 4.90 Å². The molecule has 1 amide bonds. The first-order valence-electron chi connectivity index (χ1n) is 9.09. The molecular formula is C17H23N5O2S. The van der Waals surface area contributed by atoms with Crippen molar-refractivity contribution in [1.29, 1.82) is 0 Å². The van der Waals surface area contributed by atoms with E-state index in [1.165, 1.54) is 15.9 Å². The summed E-state index contributed by atoms with van der Waals surface area (Å²) in [6.07, 6.45) is 4.79. The maximum atomic E-state index is 12.3. The van der Waals surface area contributed by atoms with E-state index in [4.69, 9.17) is 0 Å². The standard InChI is InChI=1S/C17H23N5O2S/c1-2-4-13-11-14(23)22-16(18-13)25-17(19-22)21-8-3-7-20(9-10-21)15(24)12-5-6-12/h11-12H,2-10H2,1H3. The van der Waals surface area contributed by atoms with Gasteiger partial charge in [-0.05, 0) is 25.7 Å². The Balaban J connectivity index is 1.54. The molecule has 2 aromatic heterocycles. The number of anilines is 1. The summed E-state index contributed by atoms with van der Waals surface area (Å²) in [6, 6.07) is 1.58. The van der Waals surface area contributed by atoms with Gasteiger partial charge in [-0.1, -0.05) is 24.7 Å². The second-order valence-electron chi connectivity index (χ2n) is 6.85. The molecular weight excluding hydrogens is 338 g/mol. The van der Waals surface area contributed by atoms with Gasteiger partial charge in [0.2, 0.25) is 16.0 Å². The highest BCUT2D eigenvalue weighted by molar-refractivity contribution is 7.20. The average molecular weight is 361 g/mol.